The van der Waals surface area contributed by atoms with Crippen LogP contribution in [0.25, 0.3) is 22.2 Å². The Balaban J connectivity index is 0.000000371. The molecule has 0 spiro atoms. The third-order valence-corrected chi connectivity index (χ3v) is 7.02. The quantitative estimate of drug-likeness (QED) is 0.194. The highest BCUT2D eigenvalue weighted by atomic mass is 19.1. The van der Waals surface area contributed by atoms with E-state index in [-0.39, 0.29) is 17.4 Å². The van der Waals surface area contributed by atoms with Crippen molar-refractivity contribution in [2.75, 3.05) is 6.54 Å². The number of nitrogens with one attached hydrogen (secondary N) is 2. The maximum atomic E-state index is 14.8. The average molecular weight is 654 g/mol. The van der Waals surface area contributed by atoms with E-state index in [1.165, 1.54) is 17.9 Å². The van der Waals surface area contributed by atoms with Gasteiger partial charge in [0.2, 0.25) is 5.91 Å². The van der Waals surface area contributed by atoms with Crippen LogP contribution in [0.2, 0.25) is 0 Å². The second-order valence-corrected chi connectivity index (χ2v) is 11.9. The topological polar surface area (TPSA) is 151 Å². The number of carbonyl (C=O) groups is 4. The first-order chi connectivity index (χ1) is 22.8. The van der Waals surface area contributed by atoms with Gasteiger partial charge in [-0.25, -0.2) is 24.4 Å². The van der Waals surface area contributed by atoms with Crippen molar-refractivity contribution in [3.63, 3.8) is 0 Å². The van der Waals surface area contributed by atoms with Gasteiger partial charge in [-0.05, 0) is 94.6 Å². The fourth-order valence-electron chi connectivity index (χ4n) is 4.78. The molecule has 1 unspecified atom stereocenters. The van der Waals surface area contributed by atoms with Crippen molar-refractivity contribution in [2.24, 2.45) is 0 Å². The number of halogens is 1. The molecule has 4 aromatic rings. The van der Waals surface area contributed by atoms with E-state index in [0.717, 1.165) is 23.7 Å². The Morgan fingerprint density at radius 3 is 2.40 bits per heavy atom. The average Bonchev–Trinajstić information content (AvgIpc) is 3.06. The molecule has 1 fully saturated rings. The molecular weight excluding hydrogens is 617 g/mol. The van der Waals surface area contributed by atoms with Crippen molar-refractivity contribution in [2.45, 2.75) is 58.6 Å². The van der Waals surface area contributed by atoms with Crippen LogP contribution in [0.5, 0.6) is 0 Å². The van der Waals surface area contributed by atoms with Gasteiger partial charge in [0.05, 0.1) is 16.8 Å². The van der Waals surface area contributed by atoms with Crippen LogP contribution in [0.3, 0.4) is 0 Å². The first kappa shape index (κ1) is 35.0. The molecule has 0 aliphatic carbocycles. The highest BCUT2D eigenvalue weighted by molar-refractivity contribution is 5.96. The zero-order valence-electron chi connectivity index (χ0n) is 27.0. The van der Waals surface area contributed by atoms with Gasteiger partial charge < -0.3 is 14.7 Å². The van der Waals surface area contributed by atoms with E-state index < -0.39 is 29.5 Å². The lowest BCUT2D eigenvalue weighted by Gasteiger charge is -2.33. The highest BCUT2D eigenvalue weighted by Crippen LogP contribution is 2.23. The third-order valence-electron chi connectivity index (χ3n) is 7.02. The fraction of sp³-hybridized carbons (Fsp3) is 0.278. The second kappa shape index (κ2) is 15.6. The summed E-state index contributed by atoms with van der Waals surface area (Å²) in [5.41, 5.74) is 7.00. The Morgan fingerprint density at radius 1 is 0.979 bits per heavy atom. The van der Waals surface area contributed by atoms with Crippen LogP contribution in [-0.4, -0.2) is 62.0 Å². The normalized spacial score (nSPS) is 14.0. The first-order valence-electron chi connectivity index (χ1n) is 15.2. The lowest BCUT2D eigenvalue weighted by atomic mass is 10.0. The number of hydrogen-bond donors (Lipinski definition) is 3. The number of aliphatic carboxylic acids is 1. The number of benzene rings is 2. The van der Waals surface area contributed by atoms with E-state index in [9.17, 15) is 28.7 Å². The molecule has 0 bridgehead atoms. The van der Waals surface area contributed by atoms with Gasteiger partial charge in [-0.2, -0.15) is 0 Å². The van der Waals surface area contributed by atoms with Crippen molar-refractivity contribution < 1.29 is 33.4 Å². The zero-order valence-corrected chi connectivity index (χ0v) is 27.0. The molecule has 248 valence electrons. The number of pyridine rings is 2. The maximum absolute atomic E-state index is 14.8. The van der Waals surface area contributed by atoms with Crippen LogP contribution in [0, 0.1) is 17.7 Å². The summed E-state index contributed by atoms with van der Waals surface area (Å²) in [4.78, 5) is 55.6. The number of hydrogen-bond acceptors (Lipinski definition) is 7. The Morgan fingerprint density at radius 2 is 1.73 bits per heavy atom. The summed E-state index contributed by atoms with van der Waals surface area (Å²) in [5, 5.41) is 10.3. The number of ether oxygens (including phenoxy) is 1. The van der Waals surface area contributed by atoms with Crippen LogP contribution >= 0.6 is 0 Å². The minimum absolute atomic E-state index is 0.251. The summed E-state index contributed by atoms with van der Waals surface area (Å²) in [6.07, 6.45) is 4.78. The minimum atomic E-state index is -0.979. The Labute approximate surface area is 277 Å². The lowest BCUT2D eigenvalue weighted by molar-refractivity contribution is -0.143. The Hall–Kier alpha value is -5.83. The van der Waals surface area contributed by atoms with Crippen molar-refractivity contribution in [1.29, 1.82) is 0 Å². The molecule has 48 heavy (non-hydrogen) atoms. The smallest absolute Gasteiger partial charge is 0.426 e. The summed E-state index contributed by atoms with van der Waals surface area (Å²) in [5.74, 6) is 3.69. The fourth-order valence-corrected chi connectivity index (χ4v) is 4.78. The molecule has 1 aliphatic rings. The van der Waals surface area contributed by atoms with Gasteiger partial charge in [-0.3, -0.25) is 20.0 Å². The van der Waals surface area contributed by atoms with E-state index in [0.29, 0.717) is 35.3 Å². The number of carboxylic acids is 1. The lowest BCUT2D eigenvalue weighted by Crippen LogP contribution is -2.47. The van der Waals surface area contributed by atoms with E-state index in [2.05, 4.69) is 32.7 Å². The summed E-state index contributed by atoms with van der Waals surface area (Å²) in [6.45, 7) is 6.93. The summed E-state index contributed by atoms with van der Waals surface area (Å²) in [6, 6.07) is 16.2. The number of likely N-dealkylation sites (tertiary alicyclic amines) is 1. The number of nitrogens with zero attached hydrogens (tertiary/aromatic N) is 3. The molecule has 1 aliphatic heterocycles. The number of fused-ring (bicyclic) bond motifs is 1. The molecule has 11 nitrogen and oxygen atoms in total. The molecule has 1 saturated heterocycles. The largest absolute Gasteiger partial charge is 0.480 e. The van der Waals surface area contributed by atoms with Crippen molar-refractivity contribution in [3.05, 3.63) is 95.6 Å². The predicted molar refractivity (Wildman–Crippen MR) is 177 cm³/mol. The number of carboxylic acid groups (broad SMARTS) is 1. The number of carbonyl (C=O) groups excluding carboxylic acids is 3. The Bertz CT molecular complexity index is 1880. The number of piperidine rings is 1. The second-order valence-electron chi connectivity index (χ2n) is 11.9. The van der Waals surface area contributed by atoms with Crippen LogP contribution in [-0.2, 0) is 14.3 Å². The van der Waals surface area contributed by atoms with E-state index in [1.807, 2.05) is 18.2 Å². The van der Waals surface area contributed by atoms with Crippen LogP contribution < -0.4 is 10.9 Å². The van der Waals surface area contributed by atoms with Gasteiger partial charge in [-0.15, -0.1) is 0 Å². The number of aromatic nitrogens is 2. The van der Waals surface area contributed by atoms with Crippen molar-refractivity contribution in [1.82, 2.24) is 25.7 Å². The van der Waals surface area contributed by atoms with Gasteiger partial charge in [-0.1, -0.05) is 17.9 Å². The first-order valence-corrected chi connectivity index (χ1v) is 15.2. The minimum Gasteiger partial charge on any atom is -0.480 e. The van der Waals surface area contributed by atoms with Gasteiger partial charge in [0, 0.05) is 47.9 Å². The number of amides is 3. The van der Waals surface area contributed by atoms with E-state index in [1.54, 1.807) is 69.6 Å². The summed E-state index contributed by atoms with van der Waals surface area (Å²) >= 11 is 0. The van der Waals surface area contributed by atoms with Crippen molar-refractivity contribution in [3.8, 4) is 23.1 Å². The van der Waals surface area contributed by atoms with Crippen molar-refractivity contribution >= 4 is 34.8 Å². The Kier molecular flexibility index (Phi) is 11.4. The van der Waals surface area contributed by atoms with Crippen LogP contribution in [0.1, 0.15) is 68.4 Å². The molecule has 0 saturated carbocycles. The molecule has 12 heteroatoms. The molecular formula is C36H36FN5O6. The predicted octanol–water partition coefficient (Wildman–Crippen LogP) is 5.48. The molecule has 3 amide bonds. The van der Waals surface area contributed by atoms with E-state index in [4.69, 9.17) is 4.74 Å². The van der Waals surface area contributed by atoms with Crippen LogP contribution in [0.4, 0.5) is 9.18 Å². The summed E-state index contributed by atoms with van der Waals surface area (Å²) < 4.78 is 19.6. The molecule has 3 heterocycles. The standard InChI is InChI=1S/C29H22FN3O3.C7H14N2O3/c30-24-17-22(25-13-12-23-18-31-15-14-26(23)32-25)11-10-20(24)7-4-19-5-8-21(9-6-19)28(34)33-16-2-1-3-27(33)29(35)36;1-5(10)8-9-6(11)12-7(2,3)4/h5-6,8-15,17-18,27H,1-3,16H2,(H,35,36);1-4H3,(H,8,10)(H,9,11). The molecule has 1 atom stereocenters. The molecule has 3 N–H and O–H groups in total. The SMILES string of the molecule is CC(=O)NNC(=O)OC(C)(C)C.O=C(O)C1CCCCN1C(=O)c1ccc(C#Cc2ccc(-c3ccc4cnccc4n3)cc2F)cc1. The summed E-state index contributed by atoms with van der Waals surface area (Å²) in [7, 11) is 0. The van der Waals surface area contributed by atoms with Gasteiger partial charge in [0.25, 0.3) is 5.91 Å². The highest BCUT2D eigenvalue weighted by Gasteiger charge is 2.32. The molecule has 2 aromatic heterocycles. The molecule has 0 radical (unpaired) electrons. The maximum Gasteiger partial charge on any atom is 0.426 e. The zero-order chi connectivity index (χ0) is 34.8. The number of hydrazine groups is 1. The monoisotopic (exact) mass is 653 g/mol. The van der Waals surface area contributed by atoms with E-state index >= 15 is 0 Å². The van der Waals surface area contributed by atoms with Gasteiger partial charge in [0.1, 0.15) is 17.5 Å². The number of rotatable bonds is 3. The molecule has 5 rings (SSSR count). The van der Waals surface area contributed by atoms with Gasteiger partial charge >= 0.3 is 12.1 Å². The van der Waals surface area contributed by atoms with Crippen LogP contribution in [0.15, 0.2) is 73.1 Å². The van der Waals surface area contributed by atoms with Gasteiger partial charge in [0.15, 0.2) is 0 Å². The third kappa shape index (κ3) is 9.83. The molecule has 2 aromatic carbocycles.